The van der Waals surface area contributed by atoms with Gasteiger partial charge in [0.1, 0.15) is 0 Å². The summed E-state index contributed by atoms with van der Waals surface area (Å²) in [6, 6.07) is 21.5. The first-order valence-corrected chi connectivity index (χ1v) is 10.6. The molecule has 0 aromatic heterocycles. The van der Waals surface area contributed by atoms with Crippen LogP contribution in [0.4, 0.5) is 5.69 Å². The lowest BCUT2D eigenvalue weighted by atomic mass is 10.2. The first-order valence-electron chi connectivity index (χ1n) is 6.88. The molecule has 0 spiro atoms. The first-order chi connectivity index (χ1) is 9.04. The Balaban J connectivity index is 2.20. The maximum Gasteiger partial charge on any atom is 0.0665 e. The van der Waals surface area contributed by atoms with Crippen LogP contribution in [0.1, 0.15) is 5.56 Å². The molecule has 0 atom stereocenters. The number of hydrogen-bond acceptors (Lipinski definition) is 1. The molecule has 2 heteroatoms. The fourth-order valence-electron chi connectivity index (χ4n) is 2.25. The van der Waals surface area contributed by atoms with E-state index in [-0.39, 0.29) is 0 Å². The van der Waals surface area contributed by atoms with Gasteiger partial charge in [0, 0.05) is 18.4 Å². The largest absolute Gasteiger partial charge is 0.370 e. The van der Waals surface area contributed by atoms with Crippen LogP contribution in [0.3, 0.4) is 0 Å². The van der Waals surface area contributed by atoms with Crippen LogP contribution in [0.15, 0.2) is 60.7 Å². The molecule has 0 aliphatic carbocycles. The molecule has 0 saturated heterocycles. The van der Waals surface area contributed by atoms with E-state index in [1.165, 1.54) is 17.4 Å². The number of hydrogen-bond donors (Lipinski definition) is 0. The summed E-state index contributed by atoms with van der Waals surface area (Å²) < 4.78 is 0. The summed E-state index contributed by atoms with van der Waals surface area (Å²) in [6.07, 6.45) is 1.19. The van der Waals surface area contributed by atoms with Crippen molar-refractivity contribution in [1.29, 1.82) is 0 Å². The second kappa shape index (κ2) is 6.07. The van der Waals surface area contributed by atoms with Crippen molar-refractivity contribution in [3.63, 3.8) is 0 Å². The van der Waals surface area contributed by atoms with Gasteiger partial charge in [0.05, 0.1) is 8.07 Å². The highest BCUT2D eigenvalue weighted by Crippen LogP contribution is 2.19. The Morgan fingerprint density at radius 2 is 1.32 bits per heavy atom. The van der Waals surface area contributed by atoms with Crippen molar-refractivity contribution in [3.05, 3.63) is 66.2 Å². The standard InChI is InChI=1S/C17H23NSi/c1-19(2,3)15-18(17-12-8-5-9-13-17)14-16-10-6-4-7-11-16/h4-13H,14-15H2,1-3H3. The van der Waals surface area contributed by atoms with Crippen LogP contribution in [0, 0.1) is 0 Å². The van der Waals surface area contributed by atoms with Gasteiger partial charge in [-0.15, -0.1) is 0 Å². The van der Waals surface area contributed by atoms with E-state index in [0.29, 0.717) is 0 Å². The van der Waals surface area contributed by atoms with Gasteiger partial charge in [-0.05, 0) is 17.7 Å². The zero-order valence-electron chi connectivity index (χ0n) is 12.1. The maximum atomic E-state index is 2.52. The Bertz CT molecular complexity index is 488. The molecular weight excluding hydrogens is 246 g/mol. The SMILES string of the molecule is C[Si](C)(C)CN(Cc1ccccc1)c1ccccc1. The fraction of sp³-hybridized carbons (Fsp3) is 0.294. The topological polar surface area (TPSA) is 3.24 Å². The number of benzene rings is 2. The highest BCUT2D eigenvalue weighted by molar-refractivity contribution is 6.76. The summed E-state index contributed by atoms with van der Waals surface area (Å²) >= 11 is 0. The van der Waals surface area contributed by atoms with Crippen LogP contribution in [0.25, 0.3) is 0 Å². The minimum atomic E-state index is -1.13. The van der Waals surface area contributed by atoms with Gasteiger partial charge in [0.2, 0.25) is 0 Å². The summed E-state index contributed by atoms with van der Waals surface area (Å²) in [6.45, 7) is 8.27. The van der Waals surface area contributed by atoms with Gasteiger partial charge in [0.25, 0.3) is 0 Å². The Hall–Kier alpha value is -1.54. The summed E-state index contributed by atoms with van der Waals surface area (Å²) in [5, 5.41) is 0. The predicted molar refractivity (Wildman–Crippen MR) is 87.3 cm³/mol. The zero-order valence-corrected chi connectivity index (χ0v) is 13.1. The summed E-state index contributed by atoms with van der Waals surface area (Å²) in [7, 11) is -1.13. The number of nitrogens with zero attached hydrogens (tertiary/aromatic N) is 1. The zero-order chi connectivity index (χ0) is 13.7. The lowest BCUT2D eigenvalue weighted by molar-refractivity contribution is 0.883. The lowest BCUT2D eigenvalue weighted by Gasteiger charge is -2.31. The van der Waals surface area contributed by atoms with E-state index >= 15 is 0 Å². The molecule has 0 unspecified atom stereocenters. The molecule has 0 amide bonds. The van der Waals surface area contributed by atoms with Gasteiger partial charge < -0.3 is 4.90 Å². The number of rotatable bonds is 5. The van der Waals surface area contributed by atoms with Crippen molar-refractivity contribution in [1.82, 2.24) is 0 Å². The van der Waals surface area contributed by atoms with Crippen LogP contribution in [0.2, 0.25) is 19.6 Å². The van der Waals surface area contributed by atoms with Gasteiger partial charge in [-0.3, -0.25) is 0 Å². The van der Waals surface area contributed by atoms with E-state index in [1.807, 2.05) is 0 Å². The molecule has 0 radical (unpaired) electrons. The molecule has 2 rings (SSSR count). The van der Waals surface area contributed by atoms with Gasteiger partial charge in [-0.25, -0.2) is 0 Å². The van der Waals surface area contributed by atoms with E-state index in [1.54, 1.807) is 0 Å². The molecule has 0 fully saturated rings. The van der Waals surface area contributed by atoms with Crippen LogP contribution in [-0.4, -0.2) is 14.2 Å². The van der Waals surface area contributed by atoms with Crippen molar-refractivity contribution < 1.29 is 0 Å². The second-order valence-corrected chi connectivity index (χ2v) is 11.7. The third kappa shape index (κ3) is 4.56. The molecule has 0 N–H and O–H groups in total. The smallest absolute Gasteiger partial charge is 0.0665 e. The lowest BCUT2D eigenvalue weighted by Crippen LogP contribution is -2.40. The van der Waals surface area contributed by atoms with Crippen molar-refractivity contribution in [2.24, 2.45) is 0 Å². The number of para-hydroxylation sites is 1. The monoisotopic (exact) mass is 269 g/mol. The third-order valence-corrected chi connectivity index (χ3v) is 4.33. The molecule has 0 saturated carbocycles. The Morgan fingerprint density at radius 3 is 1.84 bits per heavy atom. The number of anilines is 1. The molecule has 0 bridgehead atoms. The van der Waals surface area contributed by atoms with Crippen LogP contribution >= 0.6 is 0 Å². The molecule has 2 aromatic carbocycles. The predicted octanol–water partition coefficient (Wildman–Crippen LogP) is 4.57. The normalized spacial score (nSPS) is 11.3. The third-order valence-electron chi connectivity index (χ3n) is 3.00. The molecular formula is C17H23NSi. The van der Waals surface area contributed by atoms with E-state index < -0.39 is 8.07 Å². The molecule has 2 aromatic rings. The van der Waals surface area contributed by atoms with E-state index in [4.69, 9.17) is 0 Å². The van der Waals surface area contributed by atoms with E-state index in [0.717, 1.165) is 6.54 Å². The second-order valence-electron chi connectivity index (χ2n) is 6.24. The Kier molecular flexibility index (Phi) is 4.43. The summed E-state index contributed by atoms with van der Waals surface area (Å²) in [4.78, 5) is 2.52. The average molecular weight is 269 g/mol. The fourth-order valence-corrected chi connectivity index (χ4v) is 3.69. The van der Waals surface area contributed by atoms with Gasteiger partial charge in [-0.1, -0.05) is 68.2 Å². The van der Waals surface area contributed by atoms with Crippen LogP contribution in [0.5, 0.6) is 0 Å². The first kappa shape index (κ1) is 13.9. The molecule has 0 heterocycles. The van der Waals surface area contributed by atoms with Crippen LogP contribution < -0.4 is 4.90 Å². The van der Waals surface area contributed by atoms with Crippen LogP contribution in [-0.2, 0) is 6.54 Å². The van der Waals surface area contributed by atoms with Gasteiger partial charge in [0.15, 0.2) is 0 Å². The summed E-state index contributed by atoms with van der Waals surface area (Å²) in [5.41, 5.74) is 2.71. The highest BCUT2D eigenvalue weighted by Gasteiger charge is 2.18. The minimum absolute atomic E-state index is 0.995. The average Bonchev–Trinajstić information content (AvgIpc) is 2.39. The summed E-state index contributed by atoms with van der Waals surface area (Å²) in [5.74, 6) is 0. The molecule has 19 heavy (non-hydrogen) atoms. The molecule has 1 nitrogen and oxygen atoms in total. The molecule has 100 valence electrons. The van der Waals surface area contributed by atoms with Gasteiger partial charge in [-0.2, -0.15) is 0 Å². The minimum Gasteiger partial charge on any atom is -0.370 e. The quantitative estimate of drug-likeness (QED) is 0.719. The highest BCUT2D eigenvalue weighted by atomic mass is 28.3. The molecule has 0 aliphatic heterocycles. The van der Waals surface area contributed by atoms with Crippen molar-refractivity contribution in [2.75, 3.05) is 11.1 Å². The maximum absolute atomic E-state index is 2.52. The van der Waals surface area contributed by atoms with Crippen molar-refractivity contribution >= 4 is 13.8 Å². The van der Waals surface area contributed by atoms with Crippen molar-refractivity contribution in [2.45, 2.75) is 26.2 Å². The Morgan fingerprint density at radius 1 is 0.789 bits per heavy atom. The van der Waals surface area contributed by atoms with Crippen molar-refractivity contribution in [3.8, 4) is 0 Å². The Labute approximate surface area is 117 Å². The molecule has 0 aliphatic rings. The van der Waals surface area contributed by atoms with E-state index in [2.05, 4.69) is 85.2 Å². The van der Waals surface area contributed by atoms with E-state index in [9.17, 15) is 0 Å². The van der Waals surface area contributed by atoms with Gasteiger partial charge >= 0.3 is 0 Å².